The van der Waals surface area contributed by atoms with E-state index in [1.165, 1.54) is 0 Å². The molecule has 5 aromatic rings. The largest absolute Gasteiger partial charge is 0.569 e. The summed E-state index contributed by atoms with van der Waals surface area (Å²) in [5.74, 6) is 1.26. The third kappa shape index (κ3) is 4.69. The molecule has 0 amide bonds. The fourth-order valence-electron chi connectivity index (χ4n) is 3.74. The van der Waals surface area contributed by atoms with E-state index in [1.54, 1.807) is 6.07 Å². The molecule has 0 spiro atoms. The molecule has 0 bridgehead atoms. The zero-order valence-electron chi connectivity index (χ0n) is 17.8. The van der Waals surface area contributed by atoms with Crippen molar-refractivity contribution in [1.29, 1.82) is 0 Å². The summed E-state index contributed by atoms with van der Waals surface area (Å²) in [4.78, 5) is 9.76. The van der Waals surface area contributed by atoms with Crippen LogP contribution in [0.15, 0.2) is 115 Å². The molecule has 4 nitrogen and oxygen atoms in total. The molecule has 0 aliphatic carbocycles. The van der Waals surface area contributed by atoms with Gasteiger partial charge < -0.3 is 9.68 Å². The smallest absolute Gasteiger partial charge is 0.537 e. The Balaban J connectivity index is 1.62. The van der Waals surface area contributed by atoms with Crippen LogP contribution in [0.25, 0.3) is 45.0 Å². The van der Waals surface area contributed by atoms with Gasteiger partial charge in [-0.3, -0.25) is 0 Å². The van der Waals surface area contributed by atoms with Crippen molar-refractivity contribution in [3.05, 3.63) is 115 Å². The molecule has 0 aliphatic rings. The summed E-state index contributed by atoms with van der Waals surface area (Å²) in [6.07, 6.45) is 0. The molecule has 157 valence electrons. The lowest BCUT2D eigenvalue weighted by molar-refractivity contribution is 0.454. The lowest BCUT2D eigenvalue weighted by Crippen LogP contribution is -1.99. The standard InChI is InChI=1S/C28H20BN2O2/c32-29-33-25-16-8-14-23(18-25)22-13-7-15-24(17-22)27-19-26(20-9-3-1-4-10-20)30-28(31-27)21-11-5-2-6-12-21/h1-19,32H. The lowest BCUT2D eigenvalue weighted by Gasteiger charge is -2.11. The van der Waals surface area contributed by atoms with Crippen molar-refractivity contribution in [3.8, 4) is 50.8 Å². The van der Waals surface area contributed by atoms with Crippen LogP contribution in [0.1, 0.15) is 0 Å². The summed E-state index contributed by atoms with van der Waals surface area (Å²) in [5, 5.41) is 8.95. The van der Waals surface area contributed by atoms with Crippen LogP contribution in [0.2, 0.25) is 0 Å². The molecule has 4 aromatic carbocycles. The molecule has 5 heteroatoms. The summed E-state index contributed by atoms with van der Waals surface area (Å²) >= 11 is 0. The SMILES string of the molecule is O[B]Oc1cccc(-c2cccc(-c3cc(-c4ccccc4)nc(-c4ccccc4)n3)c2)c1. The second-order valence-electron chi connectivity index (χ2n) is 7.53. The second kappa shape index (κ2) is 9.51. The van der Waals surface area contributed by atoms with Crippen LogP contribution in [0, 0.1) is 0 Å². The maximum Gasteiger partial charge on any atom is 0.569 e. The Labute approximate surface area is 193 Å². The molecule has 0 fully saturated rings. The zero-order chi connectivity index (χ0) is 22.5. The summed E-state index contributed by atoms with van der Waals surface area (Å²) in [7, 11) is 0.687. The van der Waals surface area contributed by atoms with E-state index in [9.17, 15) is 0 Å². The topological polar surface area (TPSA) is 55.2 Å². The van der Waals surface area contributed by atoms with Crippen LogP contribution in [-0.2, 0) is 0 Å². The number of benzene rings is 4. The molecule has 0 saturated heterocycles. The van der Waals surface area contributed by atoms with E-state index in [-0.39, 0.29) is 0 Å². The van der Waals surface area contributed by atoms with Gasteiger partial charge in [0.05, 0.1) is 11.4 Å². The minimum absolute atomic E-state index is 0.570. The number of aromatic nitrogens is 2. The maximum absolute atomic E-state index is 8.95. The van der Waals surface area contributed by atoms with E-state index in [4.69, 9.17) is 19.6 Å². The highest BCUT2D eigenvalue weighted by atomic mass is 16.5. The molecule has 1 N–H and O–H groups in total. The van der Waals surface area contributed by atoms with Crippen molar-refractivity contribution in [2.24, 2.45) is 0 Å². The molecule has 1 heterocycles. The quantitative estimate of drug-likeness (QED) is 0.335. The first-order valence-electron chi connectivity index (χ1n) is 10.6. The first-order chi connectivity index (χ1) is 16.3. The monoisotopic (exact) mass is 427 g/mol. The molecule has 33 heavy (non-hydrogen) atoms. The van der Waals surface area contributed by atoms with Gasteiger partial charge in [-0.2, -0.15) is 0 Å². The number of rotatable bonds is 6. The van der Waals surface area contributed by atoms with E-state index >= 15 is 0 Å². The van der Waals surface area contributed by atoms with Crippen LogP contribution in [-0.4, -0.2) is 22.7 Å². The van der Waals surface area contributed by atoms with Crippen molar-refractivity contribution < 1.29 is 9.68 Å². The van der Waals surface area contributed by atoms with E-state index in [1.807, 2.05) is 84.9 Å². The average molecular weight is 427 g/mol. The van der Waals surface area contributed by atoms with E-state index in [0.717, 1.165) is 39.2 Å². The van der Waals surface area contributed by atoms with Gasteiger partial charge in [-0.25, -0.2) is 9.97 Å². The Morgan fingerprint density at radius 3 is 1.76 bits per heavy atom. The fourth-order valence-corrected chi connectivity index (χ4v) is 3.74. The van der Waals surface area contributed by atoms with Crippen molar-refractivity contribution in [1.82, 2.24) is 9.97 Å². The van der Waals surface area contributed by atoms with Gasteiger partial charge in [-0.05, 0) is 35.4 Å². The van der Waals surface area contributed by atoms with E-state index < -0.39 is 0 Å². The Hall–Kier alpha value is -4.22. The molecule has 1 radical (unpaired) electrons. The van der Waals surface area contributed by atoms with Crippen molar-refractivity contribution in [2.45, 2.75) is 0 Å². The summed E-state index contributed by atoms with van der Waals surface area (Å²) < 4.78 is 5.12. The molecule has 1 aromatic heterocycles. The third-order valence-electron chi connectivity index (χ3n) is 5.34. The Kier molecular flexibility index (Phi) is 5.96. The average Bonchev–Trinajstić information content (AvgIpc) is 2.90. The highest BCUT2D eigenvalue weighted by molar-refractivity contribution is 6.17. The molecule has 0 unspecified atom stereocenters. The van der Waals surface area contributed by atoms with Crippen LogP contribution in [0.3, 0.4) is 0 Å². The maximum atomic E-state index is 8.95. The fraction of sp³-hybridized carbons (Fsp3) is 0. The van der Waals surface area contributed by atoms with Crippen molar-refractivity contribution in [2.75, 3.05) is 0 Å². The first kappa shape index (κ1) is 20.7. The third-order valence-corrected chi connectivity index (χ3v) is 5.34. The van der Waals surface area contributed by atoms with Crippen molar-refractivity contribution >= 4 is 7.69 Å². The number of hydrogen-bond acceptors (Lipinski definition) is 4. The normalized spacial score (nSPS) is 10.6. The Bertz CT molecular complexity index is 1320. The second-order valence-corrected chi connectivity index (χ2v) is 7.53. The predicted molar refractivity (Wildman–Crippen MR) is 132 cm³/mol. The molecule has 0 aliphatic heterocycles. The molecular formula is C28H20BN2O2. The van der Waals surface area contributed by atoms with Crippen LogP contribution >= 0.6 is 0 Å². The molecule has 0 atom stereocenters. The van der Waals surface area contributed by atoms with Crippen LogP contribution < -0.4 is 4.65 Å². The highest BCUT2D eigenvalue weighted by Gasteiger charge is 2.11. The van der Waals surface area contributed by atoms with Gasteiger partial charge in [0.15, 0.2) is 5.82 Å². The summed E-state index contributed by atoms with van der Waals surface area (Å²) in [6, 6.07) is 38.0. The minimum atomic E-state index is 0.570. The van der Waals surface area contributed by atoms with Crippen LogP contribution in [0.5, 0.6) is 5.75 Å². The van der Waals surface area contributed by atoms with Gasteiger partial charge in [0.2, 0.25) is 0 Å². The molecule has 0 saturated carbocycles. The van der Waals surface area contributed by atoms with E-state index in [2.05, 4.69) is 24.3 Å². The number of nitrogens with zero attached hydrogens (tertiary/aromatic N) is 2. The predicted octanol–water partition coefficient (Wildman–Crippen LogP) is 6.05. The molecular weight excluding hydrogens is 407 g/mol. The Morgan fingerprint density at radius 2 is 1.06 bits per heavy atom. The molecule has 5 rings (SSSR count). The van der Waals surface area contributed by atoms with Gasteiger partial charge >= 0.3 is 7.69 Å². The van der Waals surface area contributed by atoms with Gasteiger partial charge in [0, 0.05) is 16.7 Å². The lowest BCUT2D eigenvalue weighted by atomic mass is 10.0. The Morgan fingerprint density at radius 1 is 0.515 bits per heavy atom. The van der Waals surface area contributed by atoms with Gasteiger partial charge in [0.1, 0.15) is 5.75 Å². The van der Waals surface area contributed by atoms with E-state index in [0.29, 0.717) is 19.3 Å². The zero-order valence-corrected chi connectivity index (χ0v) is 17.8. The van der Waals surface area contributed by atoms with Crippen LogP contribution in [0.4, 0.5) is 0 Å². The number of hydrogen-bond donors (Lipinski definition) is 1. The van der Waals surface area contributed by atoms with Gasteiger partial charge in [0.25, 0.3) is 0 Å². The summed E-state index contributed by atoms with van der Waals surface area (Å²) in [6.45, 7) is 0. The minimum Gasteiger partial charge on any atom is -0.537 e. The summed E-state index contributed by atoms with van der Waals surface area (Å²) in [5.41, 5.74) is 6.73. The van der Waals surface area contributed by atoms with Gasteiger partial charge in [-0.1, -0.05) is 91.0 Å². The van der Waals surface area contributed by atoms with Crippen molar-refractivity contribution in [3.63, 3.8) is 0 Å². The first-order valence-corrected chi connectivity index (χ1v) is 10.6. The highest BCUT2D eigenvalue weighted by Crippen LogP contribution is 2.31. The van der Waals surface area contributed by atoms with Gasteiger partial charge in [-0.15, -0.1) is 0 Å².